The first kappa shape index (κ1) is 22.1. The molecule has 4 aromatic carbocycles. The van der Waals surface area contributed by atoms with Crippen molar-refractivity contribution in [2.45, 2.75) is 6.61 Å². The molecular weight excluding hydrogens is 439 g/mol. The van der Waals surface area contributed by atoms with E-state index in [-0.39, 0.29) is 18.0 Å². The summed E-state index contributed by atoms with van der Waals surface area (Å²) >= 11 is 5.89. The van der Waals surface area contributed by atoms with Crippen LogP contribution in [-0.2, 0) is 11.4 Å². The number of fused-ring (bicyclic) bond motifs is 1. The zero-order valence-electron chi connectivity index (χ0n) is 17.4. The van der Waals surface area contributed by atoms with E-state index in [4.69, 9.17) is 16.3 Å². The van der Waals surface area contributed by atoms with Gasteiger partial charge in [0.15, 0.2) is 0 Å². The number of carbonyl (C=O) groups is 1. The molecule has 0 aliphatic heterocycles. The van der Waals surface area contributed by atoms with Crippen LogP contribution in [-0.4, -0.2) is 5.91 Å². The van der Waals surface area contributed by atoms with Crippen molar-refractivity contribution in [3.8, 4) is 11.8 Å². The molecule has 0 aliphatic rings. The van der Waals surface area contributed by atoms with Gasteiger partial charge in [0, 0.05) is 16.3 Å². The van der Waals surface area contributed by atoms with E-state index in [1.165, 1.54) is 18.2 Å². The average molecular weight is 457 g/mol. The topological polar surface area (TPSA) is 62.1 Å². The largest absolute Gasteiger partial charge is 0.488 e. The number of ether oxygens (including phenoxy) is 1. The number of anilines is 1. The molecule has 0 heterocycles. The van der Waals surface area contributed by atoms with Gasteiger partial charge in [-0.15, -0.1) is 0 Å². The normalized spacial score (nSPS) is 11.1. The van der Waals surface area contributed by atoms with Gasteiger partial charge >= 0.3 is 0 Å². The Morgan fingerprint density at radius 2 is 1.73 bits per heavy atom. The van der Waals surface area contributed by atoms with E-state index in [0.29, 0.717) is 22.0 Å². The first-order valence-electron chi connectivity index (χ1n) is 10.1. The van der Waals surface area contributed by atoms with E-state index < -0.39 is 5.91 Å². The average Bonchev–Trinajstić information content (AvgIpc) is 2.84. The Bertz CT molecular complexity index is 1370. The summed E-state index contributed by atoms with van der Waals surface area (Å²) in [6, 6.07) is 26.0. The number of hydrogen-bond donors (Lipinski definition) is 1. The molecule has 162 valence electrons. The molecule has 4 nitrogen and oxygen atoms in total. The van der Waals surface area contributed by atoms with Crippen LogP contribution in [0.2, 0.25) is 5.02 Å². The SMILES string of the molecule is N#C/C(=C\c1c(OCc2ccc(F)cc2)ccc2ccccc12)C(=O)Nc1ccc(Cl)cc1. The number of nitrogens with one attached hydrogen (secondary N) is 1. The maximum Gasteiger partial charge on any atom is 0.266 e. The van der Waals surface area contributed by atoms with Crippen molar-refractivity contribution in [1.82, 2.24) is 0 Å². The van der Waals surface area contributed by atoms with Crippen LogP contribution in [0.15, 0.2) is 90.5 Å². The van der Waals surface area contributed by atoms with E-state index in [0.717, 1.165) is 16.3 Å². The highest BCUT2D eigenvalue weighted by atomic mass is 35.5. The second-order valence-corrected chi connectivity index (χ2v) is 7.68. The fraction of sp³-hybridized carbons (Fsp3) is 0.0370. The van der Waals surface area contributed by atoms with E-state index in [1.54, 1.807) is 42.5 Å². The molecule has 0 unspecified atom stereocenters. The quantitative estimate of drug-likeness (QED) is 0.257. The van der Waals surface area contributed by atoms with Crippen LogP contribution in [0.25, 0.3) is 16.8 Å². The smallest absolute Gasteiger partial charge is 0.266 e. The Morgan fingerprint density at radius 3 is 2.45 bits per heavy atom. The van der Waals surface area contributed by atoms with Crippen LogP contribution in [0.1, 0.15) is 11.1 Å². The number of benzene rings is 4. The number of amides is 1. The van der Waals surface area contributed by atoms with E-state index in [1.807, 2.05) is 36.4 Å². The Balaban J connectivity index is 1.68. The second-order valence-electron chi connectivity index (χ2n) is 7.24. The van der Waals surface area contributed by atoms with Crippen LogP contribution in [0.5, 0.6) is 5.75 Å². The van der Waals surface area contributed by atoms with E-state index in [9.17, 15) is 14.4 Å². The molecule has 4 rings (SSSR count). The minimum atomic E-state index is -0.544. The fourth-order valence-corrected chi connectivity index (χ4v) is 3.44. The number of rotatable bonds is 6. The summed E-state index contributed by atoms with van der Waals surface area (Å²) in [6.07, 6.45) is 1.52. The van der Waals surface area contributed by atoms with Crippen molar-refractivity contribution in [3.05, 3.63) is 112 Å². The standard InChI is InChI=1S/C27H18ClFN2O2/c28-21-8-12-23(13-9-21)31-27(32)20(16-30)15-25-24-4-2-1-3-19(24)7-14-26(25)33-17-18-5-10-22(29)11-6-18/h1-15H,17H2,(H,31,32)/b20-15+. The number of nitrogens with zero attached hydrogens (tertiary/aromatic N) is 1. The van der Waals surface area contributed by atoms with Crippen molar-refractivity contribution in [2.24, 2.45) is 0 Å². The lowest BCUT2D eigenvalue weighted by atomic mass is 10.0. The zero-order chi connectivity index (χ0) is 23.2. The second kappa shape index (κ2) is 9.99. The van der Waals surface area contributed by atoms with Gasteiger partial charge < -0.3 is 10.1 Å². The number of halogens is 2. The zero-order valence-corrected chi connectivity index (χ0v) is 18.1. The van der Waals surface area contributed by atoms with Gasteiger partial charge in [0.05, 0.1) is 0 Å². The highest BCUT2D eigenvalue weighted by Gasteiger charge is 2.14. The maximum absolute atomic E-state index is 13.2. The molecule has 33 heavy (non-hydrogen) atoms. The number of nitriles is 1. The van der Waals surface area contributed by atoms with Gasteiger partial charge in [0.2, 0.25) is 0 Å². The molecule has 0 atom stereocenters. The summed E-state index contributed by atoms with van der Waals surface area (Å²) in [5, 5.41) is 14.7. The lowest BCUT2D eigenvalue weighted by Gasteiger charge is -2.13. The Labute approximate surface area is 195 Å². The molecule has 0 aromatic heterocycles. The minimum Gasteiger partial charge on any atom is -0.488 e. The molecule has 6 heteroatoms. The van der Waals surface area contributed by atoms with Gasteiger partial charge in [0.25, 0.3) is 5.91 Å². The number of carbonyl (C=O) groups excluding carboxylic acids is 1. The molecular formula is C27H18ClFN2O2. The minimum absolute atomic E-state index is 0.0760. The summed E-state index contributed by atoms with van der Waals surface area (Å²) in [6.45, 7) is 0.207. The molecule has 0 aliphatic carbocycles. The first-order valence-corrected chi connectivity index (χ1v) is 10.5. The highest BCUT2D eigenvalue weighted by molar-refractivity contribution is 6.30. The summed E-state index contributed by atoms with van der Waals surface area (Å²) in [7, 11) is 0. The third kappa shape index (κ3) is 5.38. The molecule has 0 radical (unpaired) electrons. The van der Waals surface area contributed by atoms with Crippen LogP contribution in [0, 0.1) is 17.1 Å². The summed E-state index contributed by atoms with van der Waals surface area (Å²) in [5.74, 6) is -0.360. The molecule has 0 saturated heterocycles. The molecule has 0 saturated carbocycles. The lowest BCUT2D eigenvalue weighted by molar-refractivity contribution is -0.112. The van der Waals surface area contributed by atoms with Crippen LogP contribution >= 0.6 is 11.6 Å². The summed E-state index contributed by atoms with van der Waals surface area (Å²) in [4.78, 5) is 12.8. The van der Waals surface area contributed by atoms with Crippen molar-refractivity contribution in [3.63, 3.8) is 0 Å². The van der Waals surface area contributed by atoms with Gasteiger partial charge in [-0.3, -0.25) is 4.79 Å². The first-order chi connectivity index (χ1) is 16.0. The molecule has 0 bridgehead atoms. The van der Waals surface area contributed by atoms with Gasteiger partial charge in [-0.05, 0) is 64.9 Å². The molecule has 1 amide bonds. The molecule has 4 aromatic rings. The lowest BCUT2D eigenvalue weighted by Crippen LogP contribution is -2.13. The predicted octanol–water partition coefficient (Wildman–Crippen LogP) is 6.76. The van der Waals surface area contributed by atoms with Crippen LogP contribution in [0.3, 0.4) is 0 Å². The fourth-order valence-electron chi connectivity index (χ4n) is 3.32. The van der Waals surface area contributed by atoms with Gasteiger partial charge in [-0.1, -0.05) is 54.1 Å². The van der Waals surface area contributed by atoms with E-state index in [2.05, 4.69) is 5.32 Å². The van der Waals surface area contributed by atoms with Crippen LogP contribution in [0.4, 0.5) is 10.1 Å². The molecule has 0 fully saturated rings. The van der Waals surface area contributed by atoms with Gasteiger partial charge in [-0.2, -0.15) is 5.26 Å². The molecule has 0 spiro atoms. The van der Waals surface area contributed by atoms with E-state index >= 15 is 0 Å². The summed E-state index contributed by atoms with van der Waals surface area (Å²) < 4.78 is 19.2. The third-order valence-corrected chi connectivity index (χ3v) is 5.25. The van der Waals surface area contributed by atoms with Crippen molar-refractivity contribution in [1.29, 1.82) is 5.26 Å². The highest BCUT2D eigenvalue weighted by Crippen LogP contribution is 2.31. The number of hydrogen-bond acceptors (Lipinski definition) is 3. The van der Waals surface area contributed by atoms with Crippen molar-refractivity contribution >= 4 is 40.0 Å². The van der Waals surface area contributed by atoms with Crippen molar-refractivity contribution < 1.29 is 13.9 Å². The Hall–Kier alpha value is -4.14. The monoisotopic (exact) mass is 456 g/mol. The third-order valence-electron chi connectivity index (χ3n) is 4.99. The molecule has 1 N–H and O–H groups in total. The maximum atomic E-state index is 13.2. The predicted molar refractivity (Wildman–Crippen MR) is 128 cm³/mol. The van der Waals surface area contributed by atoms with Crippen LogP contribution < -0.4 is 10.1 Å². The Kier molecular flexibility index (Phi) is 6.68. The van der Waals surface area contributed by atoms with Crippen molar-refractivity contribution in [2.75, 3.05) is 5.32 Å². The Morgan fingerprint density at radius 1 is 1.00 bits per heavy atom. The summed E-state index contributed by atoms with van der Waals surface area (Å²) in [5.41, 5.74) is 1.85. The van der Waals surface area contributed by atoms with Gasteiger partial charge in [0.1, 0.15) is 29.8 Å². The van der Waals surface area contributed by atoms with Gasteiger partial charge in [-0.25, -0.2) is 4.39 Å².